The summed E-state index contributed by atoms with van der Waals surface area (Å²) in [5.74, 6) is -0.226. The van der Waals surface area contributed by atoms with E-state index >= 15 is 0 Å². The molecule has 0 fully saturated rings. The molecule has 0 bridgehead atoms. The Morgan fingerprint density at radius 3 is 2.81 bits per heavy atom. The van der Waals surface area contributed by atoms with Gasteiger partial charge in [0.25, 0.3) is 5.91 Å². The molecular formula is C16H16FNO2S. The molecule has 1 N–H and O–H groups in total. The van der Waals surface area contributed by atoms with E-state index in [9.17, 15) is 9.18 Å². The number of carbonyl (C=O) groups excluding carboxylic acids is 1. The van der Waals surface area contributed by atoms with Crippen molar-refractivity contribution in [1.82, 2.24) is 5.32 Å². The van der Waals surface area contributed by atoms with Gasteiger partial charge in [0, 0.05) is 11.4 Å². The molecule has 2 aromatic rings. The molecule has 0 aromatic heterocycles. The van der Waals surface area contributed by atoms with Gasteiger partial charge in [0.1, 0.15) is 11.6 Å². The third-order valence-corrected chi connectivity index (χ3v) is 3.35. The van der Waals surface area contributed by atoms with Gasteiger partial charge < -0.3 is 10.1 Å². The fourth-order valence-electron chi connectivity index (χ4n) is 2.00. The van der Waals surface area contributed by atoms with Crippen LogP contribution >= 0.6 is 12.6 Å². The first-order valence-corrected chi connectivity index (χ1v) is 6.95. The molecule has 110 valence electrons. The molecule has 0 heterocycles. The lowest BCUT2D eigenvalue weighted by Crippen LogP contribution is -2.26. The van der Waals surface area contributed by atoms with Crippen molar-refractivity contribution in [1.29, 1.82) is 0 Å². The van der Waals surface area contributed by atoms with Crippen LogP contribution in [-0.2, 0) is 6.42 Å². The van der Waals surface area contributed by atoms with Gasteiger partial charge in [0.15, 0.2) is 0 Å². The standard InChI is InChI=1S/C16H16FNO2S/c1-20-15-5-3-2-4-11(15)8-9-18-16(19)13-10-12(21)6-7-14(13)17/h2-7,10,21H,8-9H2,1H3,(H,18,19). The van der Waals surface area contributed by atoms with Crippen LogP contribution in [0.4, 0.5) is 4.39 Å². The molecule has 0 saturated heterocycles. The Morgan fingerprint density at radius 2 is 2.05 bits per heavy atom. The largest absolute Gasteiger partial charge is 0.496 e. The van der Waals surface area contributed by atoms with Gasteiger partial charge in [-0.15, -0.1) is 12.6 Å². The quantitative estimate of drug-likeness (QED) is 0.833. The minimum atomic E-state index is -0.553. The highest BCUT2D eigenvalue weighted by Crippen LogP contribution is 2.17. The molecule has 1 amide bonds. The fourth-order valence-corrected chi connectivity index (χ4v) is 2.21. The summed E-state index contributed by atoms with van der Waals surface area (Å²) in [5, 5.41) is 2.70. The van der Waals surface area contributed by atoms with Crippen molar-refractivity contribution >= 4 is 18.5 Å². The van der Waals surface area contributed by atoms with E-state index in [0.29, 0.717) is 17.9 Å². The van der Waals surface area contributed by atoms with Gasteiger partial charge in [-0.05, 0) is 36.2 Å². The van der Waals surface area contributed by atoms with Gasteiger partial charge >= 0.3 is 0 Å². The number of nitrogens with one attached hydrogen (secondary N) is 1. The molecule has 0 aliphatic heterocycles. The van der Waals surface area contributed by atoms with E-state index in [1.807, 2.05) is 24.3 Å². The number of rotatable bonds is 5. The summed E-state index contributed by atoms with van der Waals surface area (Å²) in [5.41, 5.74) is 0.992. The second kappa shape index (κ2) is 7.13. The van der Waals surface area contributed by atoms with Crippen LogP contribution in [0.1, 0.15) is 15.9 Å². The Labute approximate surface area is 128 Å². The number of methoxy groups -OCH3 is 1. The summed E-state index contributed by atoms with van der Waals surface area (Å²) in [7, 11) is 1.60. The zero-order chi connectivity index (χ0) is 15.2. The lowest BCUT2D eigenvalue weighted by atomic mass is 10.1. The second-order valence-electron chi connectivity index (χ2n) is 4.48. The Hall–Kier alpha value is -2.01. The summed E-state index contributed by atoms with van der Waals surface area (Å²) >= 11 is 4.11. The van der Waals surface area contributed by atoms with Gasteiger partial charge in [-0.1, -0.05) is 18.2 Å². The highest BCUT2D eigenvalue weighted by molar-refractivity contribution is 7.80. The fraction of sp³-hybridized carbons (Fsp3) is 0.188. The van der Waals surface area contributed by atoms with Gasteiger partial charge in [-0.2, -0.15) is 0 Å². The lowest BCUT2D eigenvalue weighted by molar-refractivity contribution is 0.0950. The third-order valence-electron chi connectivity index (χ3n) is 3.07. The minimum absolute atomic E-state index is 0.00234. The van der Waals surface area contributed by atoms with Crippen LogP contribution in [0, 0.1) is 5.82 Å². The van der Waals surface area contributed by atoms with Crippen LogP contribution in [0.15, 0.2) is 47.4 Å². The van der Waals surface area contributed by atoms with Crippen LogP contribution in [0.3, 0.4) is 0 Å². The van der Waals surface area contributed by atoms with Crippen molar-refractivity contribution in [3.05, 3.63) is 59.4 Å². The number of hydrogen-bond acceptors (Lipinski definition) is 3. The van der Waals surface area contributed by atoms with Crippen molar-refractivity contribution in [2.75, 3.05) is 13.7 Å². The number of thiol groups is 1. The zero-order valence-corrected chi connectivity index (χ0v) is 12.5. The van der Waals surface area contributed by atoms with Gasteiger partial charge in [-0.3, -0.25) is 4.79 Å². The summed E-state index contributed by atoms with van der Waals surface area (Å²) in [4.78, 5) is 12.5. The molecule has 3 nitrogen and oxygen atoms in total. The molecule has 0 radical (unpaired) electrons. The maximum absolute atomic E-state index is 13.6. The Kier molecular flexibility index (Phi) is 5.22. The first-order chi connectivity index (χ1) is 10.1. The van der Waals surface area contributed by atoms with Crippen LogP contribution < -0.4 is 10.1 Å². The van der Waals surface area contributed by atoms with Crippen molar-refractivity contribution in [3.63, 3.8) is 0 Å². The van der Waals surface area contributed by atoms with Gasteiger partial charge in [0.2, 0.25) is 0 Å². The number of carbonyl (C=O) groups is 1. The maximum atomic E-state index is 13.6. The summed E-state index contributed by atoms with van der Waals surface area (Å²) < 4.78 is 18.8. The predicted molar refractivity (Wildman–Crippen MR) is 82.7 cm³/mol. The minimum Gasteiger partial charge on any atom is -0.496 e. The highest BCUT2D eigenvalue weighted by Gasteiger charge is 2.11. The van der Waals surface area contributed by atoms with Crippen LogP contribution in [0.5, 0.6) is 5.75 Å². The predicted octanol–water partition coefficient (Wildman–Crippen LogP) is 3.10. The Balaban J connectivity index is 1.97. The topological polar surface area (TPSA) is 38.3 Å². The van der Waals surface area contributed by atoms with Crippen molar-refractivity contribution in [3.8, 4) is 5.75 Å². The van der Waals surface area contributed by atoms with Crippen LogP contribution in [-0.4, -0.2) is 19.6 Å². The first kappa shape index (κ1) is 15.4. The SMILES string of the molecule is COc1ccccc1CCNC(=O)c1cc(S)ccc1F. The molecule has 2 rings (SSSR count). The van der Waals surface area contributed by atoms with E-state index in [1.165, 1.54) is 18.2 Å². The number of ether oxygens (including phenoxy) is 1. The normalized spacial score (nSPS) is 10.2. The molecule has 0 aliphatic carbocycles. The first-order valence-electron chi connectivity index (χ1n) is 6.50. The molecule has 2 aromatic carbocycles. The van der Waals surface area contributed by atoms with Crippen molar-refractivity contribution in [2.45, 2.75) is 11.3 Å². The van der Waals surface area contributed by atoms with E-state index in [2.05, 4.69) is 17.9 Å². The number of para-hydroxylation sites is 1. The maximum Gasteiger partial charge on any atom is 0.254 e. The lowest BCUT2D eigenvalue weighted by Gasteiger charge is -2.09. The van der Waals surface area contributed by atoms with Crippen molar-refractivity contribution in [2.24, 2.45) is 0 Å². The summed E-state index contributed by atoms with van der Waals surface area (Å²) in [6, 6.07) is 11.7. The average Bonchev–Trinajstić information content (AvgIpc) is 2.50. The molecule has 0 saturated carbocycles. The average molecular weight is 305 g/mol. The Morgan fingerprint density at radius 1 is 1.29 bits per heavy atom. The van der Waals surface area contributed by atoms with Gasteiger partial charge in [-0.25, -0.2) is 4.39 Å². The van der Waals surface area contributed by atoms with E-state index in [0.717, 1.165) is 11.3 Å². The molecule has 0 atom stereocenters. The molecule has 0 unspecified atom stereocenters. The van der Waals surface area contributed by atoms with E-state index < -0.39 is 11.7 Å². The second-order valence-corrected chi connectivity index (χ2v) is 5.00. The van der Waals surface area contributed by atoms with E-state index in [4.69, 9.17) is 4.74 Å². The van der Waals surface area contributed by atoms with Crippen LogP contribution in [0.25, 0.3) is 0 Å². The third kappa shape index (κ3) is 3.98. The van der Waals surface area contributed by atoms with Gasteiger partial charge in [0.05, 0.1) is 12.7 Å². The molecule has 5 heteroatoms. The van der Waals surface area contributed by atoms with Crippen LogP contribution in [0.2, 0.25) is 0 Å². The number of benzene rings is 2. The number of hydrogen-bond donors (Lipinski definition) is 2. The molecule has 21 heavy (non-hydrogen) atoms. The molecule has 0 aliphatic rings. The monoisotopic (exact) mass is 305 g/mol. The molecule has 0 spiro atoms. The van der Waals surface area contributed by atoms with Crippen molar-refractivity contribution < 1.29 is 13.9 Å². The zero-order valence-electron chi connectivity index (χ0n) is 11.6. The smallest absolute Gasteiger partial charge is 0.254 e. The molecular weight excluding hydrogens is 289 g/mol. The van der Waals surface area contributed by atoms with E-state index in [-0.39, 0.29) is 5.56 Å². The number of halogens is 1. The highest BCUT2D eigenvalue weighted by atomic mass is 32.1. The number of amides is 1. The van der Waals surface area contributed by atoms with E-state index in [1.54, 1.807) is 7.11 Å². The summed E-state index contributed by atoms with van der Waals surface area (Å²) in [6.45, 7) is 0.398. The Bertz CT molecular complexity index is 646. The summed E-state index contributed by atoms with van der Waals surface area (Å²) in [6.07, 6.45) is 0.609.